The van der Waals surface area contributed by atoms with E-state index in [1.807, 2.05) is 6.07 Å². The van der Waals surface area contributed by atoms with Crippen molar-refractivity contribution in [1.82, 2.24) is 19.9 Å². The molecule has 0 aromatic carbocycles. The van der Waals surface area contributed by atoms with Crippen LogP contribution in [-0.2, 0) is 0 Å². The molecule has 0 amide bonds. The Morgan fingerprint density at radius 3 is 2.84 bits per heavy atom. The number of rotatable bonds is 3. The van der Waals surface area contributed by atoms with Gasteiger partial charge < -0.3 is 14.5 Å². The van der Waals surface area contributed by atoms with Crippen LogP contribution in [0.1, 0.15) is 18.5 Å². The number of hydrogen-bond acceptors (Lipinski definition) is 8. The molecule has 2 saturated heterocycles. The lowest BCUT2D eigenvalue weighted by Gasteiger charge is -2.39. The summed E-state index contributed by atoms with van der Waals surface area (Å²) in [5.41, 5.74) is 0.393. The zero-order valence-electron chi connectivity index (χ0n) is 14.0. The topological polar surface area (TPSA) is 91.1 Å². The van der Waals surface area contributed by atoms with Crippen molar-refractivity contribution in [1.29, 1.82) is 5.26 Å². The van der Waals surface area contributed by atoms with Crippen LogP contribution in [0, 0.1) is 17.2 Å². The number of nitrogens with zero attached hydrogens (tertiary/aromatic N) is 7. The van der Waals surface area contributed by atoms with Crippen LogP contribution in [-0.4, -0.2) is 52.7 Å². The fourth-order valence-corrected chi connectivity index (χ4v) is 3.85. The molecule has 2 aliphatic heterocycles. The van der Waals surface area contributed by atoms with Crippen molar-refractivity contribution in [3.63, 3.8) is 0 Å². The Bertz CT molecular complexity index is 806. The van der Waals surface area contributed by atoms with Crippen molar-refractivity contribution in [2.45, 2.75) is 18.9 Å². The highest BCUT2D eigenvalue weighted by Gasteiger charge is 2.40. The van der Waals surface area contributed by atoms with Gasteiger partial charge in [-0.05, 0) is 18.8 Å². The fraction of sp³-hybridized carbons (Fsp3) is 0.471. The number of fused-ring (bicyclic) bond motifs is 1. The van der Waals surface area contributed by atoms with Crippen molar-refractivity contribution in [3.05, 3.63) is 30.5 Å². The van der Waals surface area contributed by atoms with Crippen LogP contribution in [0.3, 0.4) is 0 Å². The summed E-state index contributed by atoms with van der Waals surface area (Å²) in [5, 5.41) is 9.34. The van der Waals surface area contributed by atoms with Gasteiger partial charge >= 0.3 is 0 Å². The molecule has 2 fully saturated rings. The van der Waals surface area contributed by atoms with Crippen LogP contribution >= 0.6 is 0 Å². The van der Waals surface area contributed by atoms with Gasteiger partial charge in [-0.3, -0.25) is 0 Å². The summed E-state index contributed by atoms with van der Waals surface area (Å²) >= 11 is 0. The third-order valence-electron chi connectivity index (χ3n) is 5.08. The summed E-state index contributed by atoms with van der Waals surface area (Å²) in [7, 11) is 1.61. The van der Waals surface area contributed by atoms with Crippen LogP contribution in [0.25, 0.3) is 0 Å². The zero-order valence-corrected chi connectivity index (χ0v) is 14.0. The third-order valence-corrected chi connectivity index (χ3v) is 5.08. The van der Waals surface area contributed by atoms with Gasteiger partial charge in [-0.15, -0.1) is 0 Å². The first-order valence-electron chi connectivity index (χ1n) is 8.39. The maximum Gasteiger partial charge on any atom is 0.218 e. The molecule has 25 heavy (non-hydrogen) atoms. The molecular formula is C17H19N7O. The van der Waals surface area contributed by atoms with Gasteiger partial charge in [-0.2, -0.15) is 5.26 Å². The lowest BCUT2D eigenvalue weighted by Crippen LogP contribution is -2.49. The van der Waals surface area contributed by atoms with Gasteiger partial charge in [-0.1, -0.05) is 0 Å². The van der Waals surface area contributed by atoms with E-state index in [0.717, 1.165) is 38.3 Å². The van der Waals surface area contributed by atoms with E-state index < -0.39 is 0 Å². The molecule has 2 atom stereocenters. The highest BCUT2D eigenvalue weighted by molar-refractivity contribution is 5.53. The summed E-state index contributed by atoms with van der Waals surface area (Å²) in [6, 6.07) is 4.33. The average Bonchev–Trinajstić information content (AvgIpc) is 3.11. The van der Waals surface area contributed by atoms with Crippen molar-refractivity contribution in [3.8, 4) is 11.9 Å². The van der Waals surface area contributed by atoms with Gasteiger partial charge in [0.05, 0.1) is 13.2 Å². The van der Waals surface area contributed by atoms with Crippen LogP contribution < -0.4 is 14.5 Å². The molecule has 0 aliphatic carbocycles. The predicted octanol–water partition coefficient (Wildman–Crippen LogP) is 1.25. The van der Waals surface area contributed by atoms with Crippen molar-refractivity contribution < 1.29 is 4.74 Å². The van der Waals surface area contributed by atoms with Gasteiger partial charge in [0.15, 0.2) is 11.5 Å². The number of anilines is 2. The molecule has 2 aliphatic rings. The zero-order chi connectivity index (χ0) is 17.2. The molecule has 0 spiro atoms. The third kappa shape index (κ3) is 2.82. The number of piperidine rings is 1. The van der Waals surface area contributed by atoms with Crippen LogP contribution in [0.5, 0.6) is 5.88 Å². The van der Waals surface area contributed by atoms with Crippen LogP contribution in [0.4, 0.5) is 11.6 Å². The number of hydrogen-bond donors (Lipinski definition) is 0. The summed E-state index contributed by atoms with van der Waals surface area (Å²) < 4.78 is 5.21. The van der Waals surface area contributed by atoms with Crippen molar-refractivity contribution >= 4 is 11.6 Å². The second kappa shape index (κ2) is 6.51. The van der Waals surface area contributed by atoms with E-state index in [1.54, 1.807) is 19.5 Å². The molecule has 0 bridgehead atoms. The highest BCUT2D eigenvalue weighted by Crippen LogP contribution is 2.36. The predicted molar refractivity (Wildman–Crippen MR) is 91.4 cm³/mol. The minimum absolute atomic E-state index is 0.304. The molecule has 2 unspecified atom stereocenters. The molecule has 2 aromatic heterocycles. The lowest BCUT2D eigenvalue weighted by molar-refractivity contribution is 0.383. The second-order valence-electron chi connectivity index (χ2n) is 6.30. The smallest absolute Gasteiger partial charge is 0.218 e. The highest BCUT2D eigenvalue weighted by atomic mass is 16.5. The Morgan fingerprint density at radius 2 is 2.00 bits per heavy atom. The van der Waals surface area contributed by atoms with E-state index in [-0.39, 0.29) is 0 Å². The molecule has 2 aromatic rings. The first-order valence-corrected chi connectivity index (χ1v) is 8.39. The minimum Gasteiger partial charge on any atom is -0.481 e. The van der Waals surface area contributed by atoms with E-state index in [9.17, 15) is 5.26 Å². The summed E-state index contributed by atoms with van der Waals surface area (Å²) in [6.45, 7) is 2.71. The number of ether oxygens (including phenoxy) is 1. The molecule has 4 rings (SSSR count). The van der Waals surface area contributed by atoms with E-state index in [4.69, 9.17) is 4.74 Å². The molecule has 0 saturated carbocycles. The van der Waals surface area contributed by atoms with E-state index in [2.05, 4.69) is 35.8 Å². The molecule has 128 valence electrons. The SMILES string of the molecule is COc1cc(N2CCC3CCN(c4nccnc4C#N)C3C2)ncn1. The van der Waals surface area contributed by atoms with Crippen molar-refractivity contribution in [2.24, 2.45) is 5.92 Å². The average molecular weight is 337 g/mol. The molecule has 8 nitrogen and oxygen atoms in total. The molecule has 0 radical (unpaired) electrons. The molecule has 0 N–H and O–H groups in total. The Kier molecular flexibility index (Phi) is 4.06. The summed E-state index contributed by atoms with van der Waals surface area (Å²) in [6.07, 6.45) is 6.96. The largest absolute Gasteiger partial charge is 0.481 e. The maximum absolute atomic E-state index is 9.34. The molecule has 8 heteroatoms. The standard InChI is InChI=1S/C17H19N7O/c1-25-16-8-15(21-11-22-16)23-6-2-12-3-7-24(14(12)10-23)17-13(9-18)19-4-5-20-17/h4-5,8,11-12,14H,2-3,6-7,10H2,1H3. The fourth-order valence-electron chi connectivity index (χ4n) is 3.85. The van der Waals surface area contributed by atoms with Crippen molar-refractivity contribution in [2.75, 3.05) is 36.5 Å². The Morgan fingerprint density at radius 1 is 1.16 bits per heavy atom. The lowest BCUT2D eigenvalue weighted by atomic mass is 9.92. The van der Waals surface area contributed by atoms with Gasteiger partial charge in [0.25, 0.3) is 0 Å². The minimum atomic E-state index is 0.304. The first kappa shape index (κ1) is 15.6. The van der Waals surface area contributed by atoms with Gasteiger partial charge in [0, 0.05) is 38.1 Å². The Balaban J connectivity index is 1.60. The van der Waals surface area contributed by atoms with Gasteiger partial charge in [-0.25, -0.2) is 19.9 Å². The second-order valence-corrected chi connectivity index (χ2v) is 6.30. The normalized spacial score (nSPS) is 22.4. The van der Waals surface area contributed by atoms with Gasteiger partial charge in [0.1, 0.15) is 18.2 Å². The number of methoxy groups -OCH3 is 1. The summed E-state index contributed by atoms with van der Waals surface area (Å²) in [4.78, 5) is 21.6. The van der Waals surface area contributed by atoms with Crippen LogP contribution in [0.2, 0.25) is 0 Å². The Hall–Kier alpha value is -2.95. The van der Waals surface area contributed by atoms with E-state index in [0.29, 0.717) is 29.4 Å². The molecular weight excluding hydrogens is 318 g/mol. The quantitative estimate of drug-likeness (QED) is 0.826. The van der Waals surface area contributed by atoms with Crippen LogP contribution in [0.15, 0.2) is 24.8 Å². The first-order chi connectivity index (χ1) is 12.3. The summed E-state index contributed by atoms with van der Waals surface area (Å²) in [5.74, 6) is 2.74. The number of aromatic nitrogens is 4. The van der Waals surface area contributed by atoms with E-state index in [1.165, 1.54) is 6.33 Å². The maximum atomic E-state index is 9.34. The monoisotopic (exact) mass is 337 g/mol. The van der Waals surface area contributed by atoms with Gasteiger partial charge in [0.2, 0.25) is 5.88 Å². The number of nitriles is 1. The van der Waals surface area contributed by atoms with E-state index >= 15 is 0 Å². The molecule has 4 heterocycles. The Labute approximate surface area is 146 Å².